The number of carbonyl (C=O) groups is 1. The third kappa shape index (κ3) is 35.1. The van der Waals surface area contributed by atoms with Gasteiger partial charge in [0, 0.05) is 33.1 Å². The molecular weight excluding hydrogens is 739 g/mol. The number of thioether (sulfide) groups is 1. The lowest BCUT2D eigenvalue weighted by Crippen LogP contribution is -2.42. The van der Waals surface area contributed by atoms with E-state index < -0.39 is 16.6 Å². The summed E-state index contributed by atoms with van der Waals surface area (Å²) in [4.78, 5) is 29.2. The van der Waals surface area contributed by atoms with Gasteiger partial charge in [-0.05, 0) is 12.2 Å². The molecule has 0 fully saturated rings. The predicted octanol–water partition coefficient (Wildman–Crippen LogP) is 1.43. The highest BCUT2D eigenvalue weighted by atomic mass is 32.2. The van der Waals surface area contributed by atoms with Crippen LogP contribution in [0.2, 0.25) is 6.04 Å². The smallest absolute Gasteiger partial charge is 0.463 e. The van der Waals surface area contributed by atoms with Crippen LogP contribution >= 0.6 is 19.6 Å². The van der Waals surface area contributed by atoms with E-state index in [0.29, 0.717) is 111 Å². The largest absolute Gasteiger partial charge is 0.500 e. The molecule has 1 unspecified atom stereocenters. The van der Waals surface area contributed by atoms with Crippen LogP contribution < -0.4 is 0 Å². The van der Waals surface area contributed by atoms with Gasteiger partial charge in [-0.15, -0.1) is 0 Å². The topological polar surface area (TPSA) is 204 Å². The second-order valence-electron chi connectivity index (χ2n) is 10.4. The Morgan fingerprint density at radius 2 is 0.882 bits per heavy atom. The summed E-state index contributed by atoms with van der Waals surface area (Å²) < 4.78 is 84.8. The molecule has 0 aromatic carbocycles. The zero-order chi connectivity index (χ0) is 37.7. The third-order valence-corrected chi connectivity index (χ3v) is 11.1. The summed E-state index contributed by atoms with van der Waals surface area (Å²) in [5.41, 5.74) is 0. The Hall–Kier alpha value is -0.333. The van der Waals surface area contributed by atoms with Crippen LogP contribution in [0.5, 0.6) is 0 Å². The molecular formula is C30H63O18PSSi. The molecule has 1 atom stereocenters. The molecule has 0 aliphatic heterocycles. The molecule has 0 rings (SSSR count). The highest BCUT2D eigenvalue weighted by Crippen LogP contribution is 2.35. The van der Waals surface area contributed by atoms with Gasteiger partial charge in [0.1, 0.15) is 6.61 Å². The number of hydrogen-bond acceptors (Lipinski definition) is 17. The van der Waals surface area contributed by atoms with Crippen molar-refractivity contribution in [3.05, 3.63) is 0 Å². The van der Waals surface area contributed by atoms with Gasteiger partial charge >= 0.3 is 22.6 Å². The van der Waals surface area contributed by atoms with Gasteiger partial charge in [-0.3, -0.25) is 9.32 Å². The van der Waals surface area contributed by atoms with Crippen molar-refractivity contribution in [1.29, 1.82) is 0 Å². The Kier molecular flexibility index (Phi) is 36.4. The molecule has 306 valence electrons. The van der Waals surface area contributed by atoms with E-state index in [1.165, 1.54) is 0 Å². The van der Waals surface area contributed by atoms with Crippen LogP contribution in [-0.2, 0) is 74.5 Å². The molecule has 0 heterocycles. The van der Waals surface area contributed by atoms with Crippen molar-refractivity contribution in [2.24, 2.45) is 5.92 Å². The van der Waals surface area contributed by atoms with Gasteiger partial charge in [0.15, 0.2) is 0 Å². The van der Waals surface area contributed by atoms with Crippen molar-refractivity contribution in [2.75, 3.05) is 165 Å². The predicted molar refractivity (Wildman–Crippen MR) is 189 cm³/mol. The molecule has 0 bridgehead atoms. The summed E-state index contributed by atoms with van der Waals surface area (Å²) in [6.45, 7) is 9.06. The van der Waals surface area contributed by atoms with E-state index in [1.807, 2.05) is 6.92 Å². The molecule has 18 nitrogen and oxygen atoms in total. The number of carbonyl (C=O) groups excluding carboxylic acids is 1. The summed E-state index contributed by atoms with van der Waals surface area (Å²) in [5.74, 6) is 1.14. The minimum Gasteiger partial charge on any atom is -0.463 e. The molecule has 0 saturated carbocycles. The zero-order valence-corrected chi connectivity index (χ0v) is 33.5. The minimum atomic E-state index is -4.44. The molecule has 21 heteroatoms. The number of esters is 1. The number of phosphoric ester groups is 1. The first-order chi connectivity index (χ1) is 24.7. The fourth-order valence-electron chi connectivity index (χ4n) is 3.69. The fraction of sp³-hybridized carbons (Fsp3) is 0.967. The number of hydrogen-bond donors (Lipinski definition) is 2. The van der Waals surface area contributed by atoms with Gasteiger partial charge in [0.25, 0.3) is 0 Å². The van der Waals surface area contributed by atoms with Crippen LogP contribution in [0.4, 0.5) is 0 Å². The normalized spacial score (nSPS) is 12.8. The molecule has 0 amide bonds. The summed E-state index contributed by atoms with van der Waals surface area (Å²) in [6.07, 6.45) is 0.883. The van der Waals surface area contributed by atoms with Crippen LogP contribution in [0.1, 0.15) is 13.3 Å². The first kappa shape index (κ1) is 50.7. The molecule has 0 aromatic heterocycles. The van der Waals surface area contributed by atoms with E-state index in [0.717, 1.165) is 18.2 Å². The lowest BCUT2D eigenvalue weighted by molar-refractivity contribution is -0.148. The van der Waals surface area contributed by atoms with Gasteiger partial charge in [0.2, 0.25) is 0 Å². The molecule has 0 aliphatic rings. The summed E-state index contributed by atoms with van der Waals surface area (Å²) in [5, 5.41) is 0. The van der Waals surface area contributed by atoms with Crippen molar-refractivity contribution in [1.82, 2.24) is 0 Å². The van der Waals surface area contributed by atoms with Crippen LogP contribution in [-0.4, -0.2) is 190 Å². The Morgan fingerprint density at radius 1 is 0.569 bits per heavy atom. The van der Waals surface area contributed by atoms with Gasteiger partial charge in [-0.2, -0.15) is 11.8 Å². The quantitative estimate of drug-likeness (QED) is 0.0388. The van der Waals surface area contributed by atoms with Crippen molar-refractivity contribution in [3.63, 3.8) is 0 Å². The maximum atomic E-state index is 12.2. The average Bonchev–Trinajstić information content (AvgIpc) is 3.11. The van der Waals surface area contributed by atoms with Crippen molar-refractivity contribution < 1.29 is 84.3 Å². The average molecular weight is 803 g/mol. The molecule has 2 N–H and O–H groups in total. The van der Waals surface area contributed by atoms with Gasteiger partial charge in [-0.25, -0.2) is 4.57 Å². The van der Waals surface area contributed by atoms with Crippen molar-refractivity contribution >= 4 is 34.4 Å². The summed E-state index contributed by atoms with van der Waals surface area (Å²) in [7, 11) is -2.17. The molecule has 0 saturated heterocycles. The van der Waals surface area contributed by atoms with Crippen LogP contribution in [0.15, 0.2) is 0 Å². The maximum Gasteiger partial charge on any atom is 0.500 e. The Morgan fingerprint density at radius 3 is 1.20 bits per heavy atom. The van der Waals surface area contributed by atoms with E-state index in [4.69, 9.17) is 70.4 Å². The first-order valence-electron chi connectivity index (χ1n) is 17.0. The van der Waals surface area contributed by atoms with Gasteiger partial charge in [0.05, 0.1) is 131 Å². The van der Waals surface area contributed by atoms with E-state index in [9.17, 15) is 9.36 Å². The lowest BCUT2D eigenvalue weighted by atomic mass is 10.2. The lowest BCUT2D eigenvalue weighted by Gasteiger charge is -2.24. The monoisotopic (exact) mass is 802 g/mol. The van der Waals surface area contributed by atoms with E-state index in [-0.39, 0.29) is 38.3 Å². The molecule has 0 aliphatic carbocycles. The van der Waals surface area contributed by atoms with Crippen LogP contribution in [0, 0.1) is 5.92 Å². The number of ether oxygens (including phenoxy) is 10. The minimum absolute atomic E-state index is 0.0711. The first-order valence-corrected chi connectivity index (χ1v) is 21.6. The Balaban J connectivity index is 3.27. The second-order valence-corrected chi connectivity index (χ2v) is 15.9. The number of phosphoric acid groups is 1. The maximum absolute atomic E-state index is 12.2. The number of rotatable bonds is 41. The van der Waals surface area contributed by atoms with Crippen LogP contribution in [0.25, 0.3) is 0 Å². The highest BCUT2D eigenvalue weighted by Gasteiger charge is 2.36. The van der Waals surface area contributed by atoms with Crippen LogP contribution in [0.3, 0.4) is 0 Å². The van der Waals surface area contributed by atoms with E-state index >= 15 is 0 Å². The van der Waals surface area contributed by atoms with Gasteiger partial charge in [-0.1, -0.05) is 6.92 Å². The second kappa shape index (κ2) is 36.6. The molecule has 0 radical (unpaired) electrons. The van der Waals surface area contributed by atoms with E-state index in [2.05, 4.69) is 4.52 Å². The van der Waals surface area contributed by atoms with Gasteiger partial charge < -0.3 is 70.4 Å². The highest BCUT2D eigenvalue weighted by molar-refractivity contribution is 7.99. The standard InChI is InChI=1S/C30H63O18PSSi/c1-29(28-50-26-5-27-51(35-2,36-3)37-4)30(31)47-24-22-45-20-18-43-16-14-41-12-10-39-8-6-38-7-9-40-11-13-42-15-17-44-19-21-46-23-25-48-49(32,33)34/h29H,5-28H2,1-4H3,(H2,32,33,34). The summed E-state index contributed by atoms with van der Waals surface area (Å²) in [6, 6.07) is 0.733. The summed E-state index contributed by atoms with van der Waals surface area (Å²) >= 11 is 1.70. The molecule has 0 aromatic rings. The van der Waals surface area contributed by atoms with Crippen molar-refractivity contribution in [2.45, 2.75) is 19.4 Å². The SMILES string of the molecule is CO[Si](CCCSCC(C)C(=O)OCCOCCOCCOCCOCCOCCOCCOCCOCCOCCOP(=O)(O)O)(OC)OC. The Bertz CT molecular complexity index is 805. The zero-order valence-electron chi connectivity index (χ0n) is 30.8. The Labute approximate surface area is 308 Å². The third-order valence-electron chi connectivity index (χ3n) is 6.41. The molecule has 0 spiro atoms. The molecule has 51 heavy (non-hydrogen) atoms. The van der Waals surface area contributed by atoms with E-state index in [1.54, 1.807) is 33.1 Å². The van der Waals surface area contributed by atoms with Crippen molar-refractivity contribution in [3.8, 4) is 0 Å². The fourth-order valence-corrected chi connectivity index (χ4v) is 6.99.